The first-order chi connectivity index (χ1) is 14.2. The summed E-state index contributed by atoms with van der Waals surface area (Å²) in [5, 5.41) is 12.2. The molecule has 0 bridgehead atoms. The highest BCUT2D eigenvalue weighted by molar-refractivity contribution is 5.96. The number of fused-ring (bicyclic) bond motifs is 2. The van der Waals surface area contributed by atoms with E-state index in [0.717, 1.165) is 16.6 Å². The summed E-state index contributed by atoms with van der Waals surface area (Å²) in [6.45, 7) is 7.39. The molecule has 154 valence electrons. The van der Waals surface area contributed by atoms with E-state index in [1.54, 1.807) is 45.9 Å². The van der Waals surface area contributed by atoms with Gasteiger partial charge in [-0.15, -0.1) is 0 Å². The van der Waals surface area contributed by atoms with Crippen molar-refractivity contribution >= 4 is 27.9 Å². The Bertz CT molecular complexity index is 1250. The van der Waals surface area contributed by atoms with E-state index in [2.05, 4.69) is 4.98 Å². The lowest BCUT2D eigenvalue weighted by molar-refractivity contribution is 0.0540. The van der Waals surface area contributed by atoms with Crippen molar-refractivity contribution in [3.05, 3.63) is 66.0 Å². The third-order valence-corrected chi connectivity index (χ3v) is 4.76. The highest BCUT2D eigenvalue weighted by Crippen LogP contribution is 2.35. The van der Waals surface area contributed by atoms with Crippen LogP contribution < -0.4 is 4.74 Å². The molecule has 0 atom stereocenters. The van der Waals surface area contributed by atoms with E-state index in [1.165, 1.54) is 4.57 Å². The minimum atomic E-state index is -0.633. The maximum absolute atomic E-state index is 12.6. The minimum absolute atomic E-state index is 0.0325. The number of carbonyl (C=O) groups excluding carboxylic acids is 1. The van der Waals surface area contributed by atoms with Gasteiger partial charge in [0.15, 0.2) is 0 Å². The van der Waals surface area contributed by atoms with E-state index in [1.807, 2.05) is 36.4 Å². The Labute approximate surface area is 174 Å². The summed E-state index contributed by atoms with van der Waals surface area (Å²) in [7, 11) is 0. The largest absolute Gasteiger partial charge is 0.505 e. The normalized spacial score (nSPS) is 11.7. The highest BCUT2D eigenvalue weighted by atomic mass is 16.6. The van der Waals surface area contributed by atoms with E-state index in [4.69, 9.17) is 9.47 Å². The summed E-state index contributed by atoms with van der Waals surface area (Å²) >= 11 is 0. The van der Waals surface area contributed by atoms with Gasteiger partial charge in [0.25, 0.3) is 0 Å². The molecule has 0 spiro atoms. The number of ether oxygens (including phenoxy) is 2. The van der Waals surface area contributed by atoms with Gasteiger partial charge >= 0.3 is 6.09 Å². The number of hydrogen-bond acceptors (Lipinski definition) is 5. The van der Waals surface area contributed by atoms with Crippen LogP contribution in [0.25, 0.3) is 21.8 Å². The summed E-state index contributed by atoms with van der Waals surface area (Å²) < 4.78 is 12.7. The van der Waals surface area contributed by atoms with Crippen LogP contribution in [0.2, 0.25) is 0 Å². The number of aromatic hydroxyl groups is 1. The number of para-hydroxylation sites is 1. The fraction of sp³-hybridized carbons (Fsp3) is 0.250. The van der Waals surface area contributed by atoms with E-state index < -0.39 is 11.7 Å². The molecule has 0 aliphatic carbocycles. The minimum Gasteiger partial charge on any atom is -0.505 e. The van der Waals surface area contributed by atoms with Crippen molar-refractivity contribution in [2.75, 3.05) is 0 Å². The molecular formula is C24H24N2O4. The third kappa shape index (κ3) is 3.81. The lowest BCUT2D eigenvalue weighted by Gasteiger charge is -2.20. The topological polar surface area (TPSA) is 73.6 Å². The zero-order valence-electron chi connectivity index (χ0n) is 17.5. The van der Waals surface area contributed by atoms with E-state index in [-0.39, 0.29) is 5.75 Å². The summed E-state index contributed by atoms with van der Waals surface area (Å²) in [6, 6.07) is 17.1. The molecule has 0 fully saturated rings. The Morgan fingerprint density at radius 3 is 2.63 bits per heavy atom. The van der Waals surface area contributed by atoms with Gasteiger partial charge in [0.1, 0.15) is 23.7 Å². The van der Waals surface area contributed by atoms with Crippen molar-refractivity contribution < 1.29 is 19.4 Å². The zero-order valence-corrected chi connectivity index (χ0v) is 17.5. The van der Waals surface area contributed by atoms with Crippen molar-refractivity contribution in [1.82, 2.24) is 9.55 Å². The van der Waals surface area contributed by atoms with Gasteiger partial charge in [0.2, 0.25) is 0 Å². The number of carbonyl (C=O) groups is 1. The van der Waals surface area contributed by atoms with Crippen LogP contribution in [0.3, 0.4) is 0 Å². The Morgan fingerprint density at radius 1 is 1.10 bits per heavy atom. The van der Waals surface area contributed by atoms with Gasteiger partial charge in [-0.05, 0) is 58.0 Å². The molecule has 6 nitrogen and oxygen atoms in total. The maximum atomic E-state index is 12.6. The summed E-state index contributed by atoms with van der Waals surface area (Å²) in [5.74, 6) is 0.610. The van der Waals surface area contributed by atoms with Gasteiger partial charge in [0.05, 0.1) is 22.4 Å². The van der Waals surface area contributed by atoms with Crippen LogP contribution in [0, 0.1) is 6.92 Å². The van der Waals surface area contributed by atoms with Crippen molar-refractivity contribution in [1.29, 1.82) is 0 Å². The second-order valence-electron chi connectivity index (χ2n) is 8.21. The molecule has 30 heavy (non-hydrogen) atoms. The number of pyridine rings is 1. The average Bonchev–Trinajstić information content (AvgIpc) is 2.95. The Hall–Kier alpha value is -3.54. The molecular weight excluding hydrogens is 380 g/mol. The van der Waals surface area contributed by atoms with Crippen molar-refractivity contribution in [2.24, 2.45) is 0 Å². The van der Waals surface area contributed by atoms with Gasteiger partial charge in [0, 0.05) is 10.8 Å². The fourth-order valence-electron chi connectivity index (χ4n) is 3.36. The molecule has 4 rings (SSSR count). The number of hydrogen-bond donors (Lipinski definition) is 1. The van der Waals surface area contributed by atoms with E-state index in [9.17, 15) is 9.90 Å². The van der Waals surface area contributed by atoms with Crippen molar-refractivity contribution in [2.45, 2.75) is 39.9 Å². The predicted molar refractivity (Wildman–Crippen MR) is 116 cm³/mol. The SMILES string of the molecule is Cc1c(O)c2cc(OCc3ccc4ccccc4n3)ccc2n1C(=O)OC(C)(C)C. The first-order valence-electron chi connectivity index (χ1n) is 9.78. The molecule has 2 aromatic carbocycles. The van der Waals surface area contributed by atoms with Gasteiger partial charge in [-0.25, -0.2) is 14.3 Å². The standard InChI is InChI=1S/C24H24N2O4/c1-15-22(27)19-13-18(11-12-21(19)26(15)23(28)30-24(2,3)4)29-14-17-10-9-16-7-5-6-8-20(16)25-17/h5-13,27H,14H2,1-4H3. The van der Waals surface area contributed by atoms with Gasteiger partial charge in [-0.3, -0.25) is 0 Å². The van der Waals surface area contributed by atoms with Crippen LogP contribution in [0.5, 0.6) is 11.5 Å². The summed E-state index contributed by atoms with van der Waals surface area (Å²) in [5.41, 5.74) is 2.08. The molecule has 1 N–H and O–H groups in total. The van der Waals surface area contributed by atoms with Crippen LogP contribution in [0.15, 0.2) is 54.6 Å². The number of benzene rings is 2. The van der Waals surface area contributed by atoms with Crippen molar-refractivity contribution in [3.8, 4) is 11.5 Å². The Kier molecular flexibility index (Phi) is 4.86. The zero-order chi connectivity index (χ0) is 21.5. The summed E-state index contributed by atoms with van der Waals surface area (Å²) in [4.78, 5) is 17.2. The number of aromatic nitrogens is 2. The smallest absolute Gasteiger partial charge is 0.419 e. The molecule has 0 aliphatic heterocycles. The quantitative estimate of drug-likeness (QED) is 0.483. The van der Waals surface area contributed by atoms with E-state index in [0.29, 0.717) is 29.0 Å². The molecule has 2 aromatic heterocycles. The van der Waals surface area contributed by atoms with Gasteiger partial charge in [-0.1, -0.05) is 24.3 Å². The average molecular weight is 404 g/mol. The molecule has 2 heterocycles. The first-order valence-corrected chi connectivity index (χ1v) is 9.78. The second kappa shape index (κ2) is 7.37. The second-order valence-corrected chi connectivity index (χ2v) is 8.21. The molecule has 0 radical (unpaired) electrons. The van der Waals surface area contributed by atoms with E-state index >= 15 is 0 Å². The Morgan fingerprint density at radius 2 is 1.87 bits per heavy atom. The molecule has 0 amide bonds. The van der Waals surface area contributed by atoms with Crippen LogP contribution in [-0.4, -0.2) is 26.4 Å². The third-order valence-electron chi connectivity index (χ3n) is 4.76. The maximum Gasteiger partial charge on any atom is 0.419 e. The van der Waals surface area contributed by atoms with Gasteiger partial charge < -0.3 is 14.6 Å². The lowest BCUT2D eigenvalue weighted by Crippen LogP contribution is -2.27. The highest BCUT2D eigenvalue weighted by Gasteiger charge is 2.24. The van der Waals surface area contributed by atoms with Crippen molar-refractivity contribution in [3.63, 3.8) is 0 Å². The number of nitrogens with zero attached hydrogens (tertiary/aromatic N) is 2. The molecule has 0 unspecified atom stereocenters. The molecule has 0 aliphatic rings. The molecule has 4 aromatic rings. The van der Waals surface area contributed by atoms with Gasteiger partial charge in [-0.2, -0.15) is 0 Å². The predicted octanol–water partition coefficient (Wildman–Crippen LogP) is 5.57. The number of rotatable bonds is 3. The van der Waals surface area contributed by atoms with Crippen LogP contribution >= 0.6 is 0 Å². The monoisotopic (exact) mass is 404 g/mol. The van der Waals surface area contributed by atoms with Crippen LogP contribution in [0.4, 0.5) is 4.79 Å². The molecule has 6 heteroatoms. The first kappa shape index (κ1) is 19.8. The molecule has 0 saturated heterocycles. The lowest BCUT2D eigenvalue weighted by atomic mass is 10.2. The summed E-state index contributed by atoms with van der Waals surface area (Å²) in [6.07, 6.45) is -0.528. The Balaban J connectivity index is 1.60. The molecule has 0 saturated carbocycles. The fourth-order valence-corrected chi connectivity index (χ4v) is 3.36. The van der Waals surface area contributed by atoms with Crippen LogP contribution in [0.1, 0.15) is 32.2 Å². The van der Waals surface area contributed by atoms with Crippen LogP contribution in [-0.2, 0) is 11.3 Å².